The van der Waals surface area contributed by atoms with E-state index >= 15 is 0 Å². The van der Waals surface area contributed by atoms with E-state index in [1.165, 1.54) is 0 Å². The topological polar surface area (TPSA) is 0 Å². The molecule has 0 amide bonds. The van der Waals surface area contributed by atoms with Crippen molar-refractivity contribution in [3.8, 4) is 0 Å². The molecule has 0 rings (SSSR count). The summed E-state index contributed by atoms with van der Waals surface area (Å²) >= 11 is 0. The summed E-state index contributed by atoms with van der Waals surface area (Å²) in [6, 6.07) is 0. The molecular formula is CoFePtTb. The SMILES string of the molecule is [Co].[Fe].[Pt].[Tb]. The second kappa shape index (κ2) is 16.7. The zero-order valence-electron chi connectivity index (χ0n) is 1.34. The summed E-state index contributed by atoms with van der Waals surface area (Å²) in [6.07, 6.45) is 0. The van der Waals surface area contributed by atoms with Crippen molar-refractivity contribution in [2.24, 2.45) is 0 Å². The monoisotopic (exact) mass is 469 g/mol. The van der Waals surface area contributed by atoms with E-state index in [-0.39, 0.29) is 93.5 Å². The van der Waals surface area contributed by atoms with Gasteiger partial charge in [0.15, 0.2) is 0 Å². The van der Waals surface area contributed by atoms with Gasteiger partial charge in [-0.3, -0.25) is 0 Å². The van der Waals surface area contributed by atoms with E-state index in [0.29, 0.717) is 0 Å². The van der Waals surface area contributed by atoms with Gasteiger partial charge in [-0.05, 0) is 0 Å². The second-order valence-electron chi connectivity index (χ2n) is 0. The van der Waals surface area contributed by atoms with Crippen LogP contribution in [0.3, 0.4) is 0 Å². The van der Waals surface area contributed by atoms with E-state index in [1.54, 1.807) is 0 Å². The Balaban J connectivity index is 0. The van der Waals surface area contributed by atoms with Crippen molar-refractivity contribution in [3.63, 3.8) is 0 Å². The van der Waals surface area contributed by atoms with Crippen LogP contribution in [-0.4, -0.2) is 0 Å². The summed E-state index contributed by atoms with van der Waals surface area (Å²) in [7, 11) is 0. The molecule has 0 aromatic carbocycles. The van der Waals surface area contributed by atoms with Gasteiger partial charge in [0, 0.05) is 93.5 Å². The van der Waals surface area contributed by atoms with E-state index in [1.807, 2.05) is 0 Å². The van der Waals surface area contributed by atoms with Gasteiger partial charge in [0.2, 0.25) is 0 Å². The minimum atomic E-state index is 0. The molecule has 0 N–H and O–H groups in total. The van der Waals surface area contributed by atoms with Crippen LogP contribution < -0.4 is 0 Å². The number of hydrogen-bond donors (Lipinski definition) is 0. The molecule has 0 unspecified atom stereocenters. The van der Waals surface area contributed by atoms with Crippen LogP contribution in [0.2, 0.25) is 0 Å². The average Bonchev–Trinajstić information content (AvgIpc) is 0. The Morgan fingerprint density at radius 3 is 1.00 bits per heavy atom. The molecule has 0 nitrogen and oxygen atoms in total. The molecule has 36 valence electrons. The van der Waals surface area contributed by atoms with Crippen LogP contribution in [0.15, 0.2) is 0 Å². The summed E-state index contributed by atoms with van der Waals surface area (Å²) in [5.41, 5.74) is 0. The smallest absolute Gasteiger partial charge is 0 e. The predicted molar refractivity (Wildman–Crippen MR) is 0 cm³/mol. The van der Waals surface area contributed by atoms with Gasteiger partial charge in [0.05, 0.1) is 0 Å². The van der Waals surface area contributed by atoms with Crippen molar-refractivity contribution in [1.82, 2.24) is 0 Å². The first-order valence-electron chi connectivity index (χ1n) is 0. The number of hydrogen-bond acceptors (Lipinski definition) is 0. The van der Waals surface area contributed by atoms with Gasteiger partial charge in [-0.1, -0.05) is 0 Å². The van der Waals surface area contributed by atoms with Gasteiger partial charge in [-0.2, -0.15) is 0 Å². The van der Waals surface area contributed by atoms with Gasteiger partial charge in [0.1, 0.15) is 0 Å². The summed E-state index contributed by atoms with van der Waals surface area (Å²) < 4.78 is 0. The van der Waals surface area contributed by atoms with E-state index in [9.17, 15) is 0 Å². The maximum Gasteiger partial charge on any atom is 0 e. The van der Waals surface area contributed by atoms with Crippen LogP contribution in [0.5, 0.6) is 0 Å². The Hall–Kier alpha value is 3.00. The van der Waals surface area contributed by atoms with Crippen molar-refractivity contribution >= 4 is 0 Å². The zero-order chi connectivity index (χ0) is 0. The molecule has 0 saturated carbocycles. The molecule has 0 saturated heterocycles. The van der Waals surface area contributed by atoms with Crippen LogP contribution in [0.4, 0.5) is 0 Å². The van der Waals surface area contributed by atoms with Crippen molar-refractivity contribution < 1.29 is 93.5 Å². The van der Waals surface area contributed by atoms with Crippen LogP contribution >= 0.6 is 0 Å². The Labute approximate surface area is 91.6 Å². The molecule has 0 aromatic heterocycles. The Bertz CT molecular complexity index is 8.00. The Kier molecular flexibility index (Phi) is 117. The molecule has 0 atom stereocenters. The van der Waals surface area contributed by atoms with E-state index in [4.69, 9.17) is 0 Å². The van der Waals surface area contributed by atoms with Gasteiger partial charge in [0.25, 0.3) is 0 Å². The predicted octanol–water partition coefficient (Wildman–Crippen LogP) is -0.00750. The molecule has 0 fully saturated rings. The summed E-state index contributed by atoms with van der Waals surface area (Å²) in [5.74, 6) is 0. The van der Waals surface area contributed by atoms with Gasteiger partial charge >= 0.3 is 0 Å². The second-order valence-corrected chi connectivity index (χ2v) is 0. The normalized spacial score (nSPS) is 0. The number of rotatable bonds is 0. The van der Waals surface area contributed by atoms with E-state index in [0.717, 1.165) is 0 Å². The van der Waals surface area contributed by atoms with Crippen molar-refractivity contribution in [3.05, 3.63) is 0 Å². The quantitative estimate of drug-likeness (QED) is 0.439. The summed E-state index contributed by atoms with van der Waals surface area (Å²) in [5, 5.41) is 0. The third-order valence-corrected chi connectivity index (χ3v) is 0. The van der Waals surface area contributed by atoms with Crippen molar-refractivity contribution in [1.29, 1.82) is 0 Å². The molecule has 0 aliphatic heterocycles. The molecule has 4 heavy (non-hydrogen) atoms. The van der Waals surface area contributed by atoms with Crippen LogP contribution in [0, 0.1) is 38.6 Å². The average molecular weight is 469 g/mol. The van der Waals surface area contributed by atoms with Crippen molar-refractivity contribution in [2.45, 2.75) is 0 Å². The van der Waals surface area contributed by atoms with Gasteiger partial charge < -0.3 is 0 Å². The zero-order valence-corrected chi connectivity index (χ0v) is 7.89. The third kappa shape index (κ3) is 8.89. The van der Waals surface area contributed by atoms with Crippen molar-refractivity contribution in [2.75, 3.05) is 0 Å². The summed E-state index contributed by atoms with van der Waals surface area (Å²) in [6.45, 7) is 0. The van der Waals surface area contributed by atoms with Crippen LogP contribution in [0.1, 0.15) is 0 Å². The molecule has 0 aliphatic carbocycles. The first-order valence-corrected chi connectivity index (χ1v) is 0. The Morgan fingerprint density at radius 2 is 1.00 bits per heavy atom. The molecule has 4 heteroatoms. The molecule has 0 spiro atoms. The fraction of sp³-hybridized carbons (Fsp3) is 0. The maximum absolute atomic E-state index is 0. The van der Waals surface area contributed by atoms with Gasteiger partial charge in [-0.15, -0.1) is 0 Å². The largest absolute Gasteiger partial charge is 0 e. The fourth-order valence-corrected chi connectivity index (χ4v) is 0. The van der Waals surface area contributed by atoms with Crippen LogP contribution in [-0.2, 0) is 54.9 Å². The molecule has 2 radical (unpaired) electrons. The molecular weight excluding hydrogens is 469 g/mol. The molecule has 0 aliphatic rings. The first-order chi connectivity index (χ1) is 0. The first kappa shape index (κ1) is 28.0. The van der Waals surface area contributed by atoms with Gasteiger partial charge in [-0.25, -0.2) is 0 Å². The minimum Gasteiger partial charge on any atom is 0 e. The minimum absolute atomic E-state index is 0. The van der Waals surface area contributed by atoms with E-state index in [2.05, 4.69) is 0 Å². The molecule has 0 aromatic rings. The molecule has 0 bridgehead atoms. The van der Waals surface area contributed by atoms with Crippen LogP contribution in [0.25, 0.3) is 0 Å². The maximum atomic E-state index is 0. The Morgan fingerprint density at radius 1 is 1.00 bits per heavy atom. The standard InChI is InChI=1S/Co.Fe.Pt.Tb. The fourth-order valence-electron chi connectivity index (χ4n) is 0. The summed E-state index contributed by atoms with van der Waals surface area (Å²) in [4.78, 5) is 0. The third-order valence-electron chi connectivity index (χ3n) is 0. The van der Waals surface area contributed by atoms with E-state index < -0.39 is 0 Å². The molecule has 0 heterocycles.